The van der Waals surface area contributed by atoms with Gasteiger partial charge in [0.1, 0.15) is 17.1 Å². The van der Waals surface area contributed by atoms with Crippen LogP contribution in [-0.2, 0) is 6.18 Å². The fourth-order valence-electron chi connectivity index (χ4n) is 2.45. The lowest BCUT2D eigenvalue weighted by Gasteiger charge is -2.27. The highest BCUT2D eigenvalue weighted by Gasteiger charge is 2.35. The van der Waals surface area contributed by atoms with Gasteiger partial charge in [-0.05, 0) is 31.9 Å². The van der Waals surface area contributed by atoms with Gasteiger partial charge in [0.15, 0.2) is 0 Å². The van der Waals surface area contributed by atoms with Gasteiger partial charge in [0.05, 0.1) is 0 Å². The molecule has 0 saturated heterocycles. The summed E-state index contributed by atoms with van der Waals surface area (Å²) in [6, 6.07) is 1.63. The van der Waals surface area contributed by atoms with Crippen LogP contribution < -0.4 is 5.32 Å². The Morgan fingerprint density at radius 1 is 1.35 bits per heavy atom. The molecule has 0 spiro atoms. The van der Waals surface area contributed by atoms with Gasteiger partial charge >= 0.3 is 12.1 Å². The first-order chi connectivity index (χ1) is 9.21. The highest BCUT2D eigenvalue weighted by molar-refractivity contribution is 5.93. The van der Waals surface area contributed by atoms with E-state index < -0.39 is 23.4 Å². The first-order valence-electron chi connectivity index (χ1n) is 6.31. The molecule has 1 heterocycles. The van der Waals surface area contributed by atoms with Crippen LogP contribution in [0.3, 0.4) is 0 Å². The van der Waals surface area contributed by atoms with E-state index in [2.05, 4.69) is 10.3 Å². The number of hydrogen-bond donors (Lipinski definition) is 2. The minimum Gasteiger partial charge on any atom is -0.478 e. The zero-order chi connectivity index (χ0) is 15.0. The summed E-state index contributed by atoms with van der Waals surface area (Å²) in [4.78, 5) is 14.6. The van der Waals surface area contributed by atoms with Crippen molar-refractivity contribution in [3.8, 4) is 0 Å². The molecule has 0 radical (unpaired) electrons. The molecule has 2 rings (SSSR count). The summed E-state index contributed by atoms with van der Waals surface area (Å²) in [7, 11) is 0. The lowest BCUT2D eigenvalue weighted by atomic mass is 10.0. The summed E-state index contributed by atoms with van der Waals surface area (Å²) < 4.78 is 38.0. The summed E-state index contributed by atoms with van der Waals surface area (Å²) in [5, 5.41) is 11.9. The van der Waals surface area contributed by atoms with Crippen molar-refractivity contribution in [3.63, 3.8) is 0 Å². The Bertz CT molecular complexity index is 523. The van der Waals surface area contributed by atoms with Crippen LogP contribution in [0.25, 0.3) is 0 Å². The number of carbonyl (C=O) groups is 1. The van der Waals surface area contributed by atoms with Crippen LogP contribution in [0, 0.1) is 0 Å². The van der Waals surface area contributed by atoms with Crippen molar-refractivity contribution in [1.82, 2.24) is 4.98 Å². The first-order valence-corrected chi connectivity index (χ1v) is 6.31. The SMILES string of the molecule is CC1(Nc2nc(C(F)(F)F)ccc2C(=O)O)CCCC1. The van der Waals surface area contributed by atoms with Crippen molar-refractivity contribution in [3.05, 3.63) is 23.4 Å². The number of nitrogens with zero attached hydrogens (tertiary/aromatic N) is 1. The average Bonchev–Trinajstić information content (AvgIpc) is 2.74. The third-order valence-corrected chi connectivity index (χ3v) is 3.54. The molecule has 20 heavy (non-hydrogen) atoms. The van der Waals surface area contributed by atoms with Gasteiger partial charge in [-0.2, -0.15) is 13.2 Å². The van der Waals surface area contributed by atoms with Gasteiger partial charge in [0, 0.05) is 5.54 Å². The van der Waals surface area contributed by atoms with Crippen LogP contribution in [0.15, 0.2) is 12.1 Å². The highest BCUT2D eigenvalue weighted by Crippen LogP contribution is 2.35. The lowest BCUT2D eigenvalue weighted by molar-refractivity contribution is -0.141. The molecular formula is C13H15F3N2O2. The highest BCUT2D eigenvalue weighted by atomic mass is 19.4. The summed E-state index contributed by atoms with van der Waals surface area (Å²) in [6.07, 6.45) is -1.10. The van der Waals surface area contributed by atoms with Crippen molar-refractivity contribution < 1.29 is 23.1 Å². The molecule has 1 aromatic rings. The molecule has 7 heteroatoms. The van der Waals surface area contributed by atoms with E-state index in [9.17, 15) is 18.0 Å². The van der Waals surface area contributed by atoms with E-state index in [0.717, 1.165) is 31.7 Å². The Balaban J connectivity index is 2.39. The fraction of sp³-hybridized carbons (Fsp3) is 0.538. The molecule has 0 atom stereocenters. The van der Waals surface area contributed by atoms with E-state index >= 15 is 0 Å². The van der Waals surface area contributed by atoms with Crippen LogP contribution >= 0.6 is 0 Å². The number of rotatable bonds is 3. The van der Waals surface area contributed by atoms with Crippen molar-refractivity contribution in [1.29, 1.82) is 0 Å². The number of aromatic nitrogens is 1. The normalized spacial score (nSPS) is 18.0. The lowest BCUT2D eigenvalue weighted by Crippen LogP contribution is -2.32. The molecule has 1 saturated carbocycles. The van der Waals surface area contributed by atoms with Crippen LogP contribution in [0.2, 0.25) is 0 Å². The summed E-state index contributed by atoms with van der Waals surface area (Å²) in [5.41, 5.74) is -1.74. The Morgan fingerprint density at radius 3 is 2.45 bits per heavy atom. The van der Waals surface area contributed by atoms with E-state index in [1.807, 2.05) is 6.92 Å². The van der Waals surface area contributed by atoms with Gasteiger partial charge in [0.25, 0.3) is 0 Å². The van der Waals surface area contributed by atoms with Crippen molar-refractivity contribution in [2.75, 3.05) is 5.32 Å². The average molecular weight is 288 g/mol. The number of anilines is 1. The molecular weight excluding hydrogens is 273 g/mol. The third-order valence-electron chi connectivity index (χ3n) is 3.54. The standard InChI is InChI=1S/C13H15F3N2O2/c1-12(6-2-3-7-12)18-10-8(11(19)20)4-5-9(17-10)13(14,15)16/h4-5H,2-3,6-7H2,1H3,(H,17,18)(H,19,20). The fourth-order valence-corrected chi connectivity index (χ4v) is 2.45. The van der Waals surface area contributed by atoms with E-state index in [1.165, 1.54) is 0 Å². The molecule has 1 aliphatic rings. The summed E-state index contributed by atoms with van der Waals surface area (Å²) >= 11 is 0. The van der Waals surface area contributed by atoms with E-state index in [-0.39, 0.29) is 11.4 Å². The number of alkyl halides is 3. The maximum absolute atomic E-state index is 12.7. The molecule has 1 aliphatic carbocycles. The van der Waals surface area contributed by atoms with Crippen molar-refractivity contribution >= 4 is 11.8 Å². The van der Waals surface area contributed by atoms with Gasteiger partial charge in [-0.1, -0.05) is 12.8 Å². The van der Waals surface area contributed by atoms with Crippen LogP contribution in [0.1, 0.15) is 48.7 Å². The quantitative estimate of drug-likeness (QED) is 0.893. The molecule has 0 amide bonds. The number of pyridine rings is 1. The van der Waals surface area contributed by atoms with Crippen LogP contribution in [0.4, 0.5) is 19.0 Å². The first kappa shape index (κ1) is 14.6. The topological polar surface area (TPSA) is 62.2 Å². The predicted molar refractivity (Wildman–Crippen MR) is 66.7 cm³/mol. The van der Waals surface area contributed by atoms with Crippen LogP contribution in [-0.4, -0.2) is 21.6 Å². The number of carboxylic acids is 1. The molecule has 1 aromatic heterocycles. The van der Waals surface area contributed by atoms with Crippen molar-refractivity contribution in [2.45, 2.75) is 44.3 Å². The number of hydrogen-bond acceptors (Lipinski definition) is 3. The Labute approximate surface area is 114 Å². The molecule has 0 aromatic carbocycles. The second-order valence-electron chi connectivity index (χ2n) is 5.29. The van der Waals surface area contributed by atoms with Crippen molar-refractivity contribution in [2.24, 2.45) is 0 Å². The maximum Gasteiger partial charge on any atom is 0.433 e. The maximum atomic E-state index is 12.7. The van der Waals surface area contributed by atoms with Gasteiger partial charge in [-0.3, -0.25) is 0 Å². The molecule has 0 aliphatic heterocycles. The number of aromatic carboxylic acids is 1. The second kappa shape index (κ2) is 4.96. The van der Waals surface area contributed by atoms with Gasteiger partial charge in [0.2, 0.25) is 0 Å². The summed E-state index contributed by atoms with van der Waals surface area (Å²) in [6.45, 7) is 1.87. The Kier molecular flexibility index (Phi) is 3.62. The van der Waals surface area contributed by atoms with Gasteiger partial charge in [-0.15, -0.1) is 0 Å². The zero-order valence-electron chi connectivity index (χ0n) is 10.9. The molecule has 110 valence electrons. The molecule has 2 N–H and O–H groups in total. The monoisotopic (exact) mass is 288 g/mol. The van der Waals surface area contributed by atoms with Crippen LogP contribution in [0.5, 0.6) is 0 Å². The number of carboxylic acid groups (broad SMARTS) is 1. The minimum atomic E-state index is -4.59. The third kappa shape index (κ3) is 3.02. The zero-order valence-corrected chi connectivity index (χ0v) is 10.9. The van der Waals surface area contributed by atoms with E-state index in [0.29, 0.717) is 6.07 Å². The minimum absolute atomic E-state index is 0.211. The molecule has 0 bridgehead atoms. The van der Waals surface area contributed by atoms with E-state index in [4.69, 9.17) is 5.11 Å². The number of halogens is 3. The smallest absolute Gasteiger partial charge is 0.433 e. The largest absolute Gasteiger partial charge is 0.478 e. The molecule has 1 fully saturated rings. The van der Waals surface area contributed by atoms with Gasteiger partial charge < -0.3 is 10.4 Å². The second-order valence-corrected chi connectivity index (χ2v) is 5.29. The predicted octanol–water partition coefficient (Wildman–Crippen LogP) is 3.54. The molecule has 0 unspecified atom stereocenters. The molecule has 4 nitrogen and oxygen atoms in total. The van der Waals surface area contributed by atoms with Gasteiger partial charge in [-0.25, -0.2) is 9.78 Å². The Hall–Kier alpha value is -1.79. The van der Waals surface area contributed by atoms with E-state index in [1.54, 1.807) is 0 Å². The number of nitrogens with one attached hydrogen (secondary N) is 1. The Morgan fingerprint density at radius 2 is 1.95 bits per heavy atom. The summed E-state index contributed by atoms with van der Waals surface area (Å²) in [5.74, 6) is -1.51.